The van der Waals surface area contributed by atoms with Gasteiger partial charge in [-0.25, -0.2) is 4.98 Å². The molecule has 0 radical (unpaired) electrons. The van der Waals surface area contributed by atoms with Crippen molar-refractivity contribution in [3.63, 3.8) is 0 Å². The molecule has 0 spiro atoms. The van der Waals surface area contributed by atoms with Gasteiger partial charge in [-0.15, -0.1) is 0 Å². The van der Waals surface area contributed by atoms with Crippen LogP contribution in [0.3, 0.4) is 0 Å². The molecule has 0 atom stereocenters. The number of benzene rings is 5. The average Bonchev–Trinajstić information content (AvgIpc) is 3.70. The Labute approximate surface area is 310 Å². The molecule has 0 unspecified atom stereocenters. The first kappa shape index (κ1) is 34.2. The van der Waals surface area contributed by atoms with Gasteiger partial charge < -0.3 is 15.4 Å². The van der Waals surface area contributed by atoms with Crippen LogP contribution in [-0.2, 0) is 11.2 Å². The fourth-order valence-electron chi connectivity index (χ4n) is 7.53. The monoisotopic (exact) mass is 723 g/mol. The number of hydrogen-bond donors (Lipinski definition) is 2. The molecule has 1 amide bonds. The van der Waals surface area contributed by atoms with Gasteiger partial charge in [-0.1, -0.05) is 48.7 Å². The number of ether oxygens (including phenoxy) is 1. The molecule has 0 saturated heterocycles. The number of para-hydroxylation sites is 2. The van der Waals surface area contributed by atoms with Gasteiger partial charge in [-0.05, 0) is 98.1 Å². The first-order chi connectivity index (χ1) is 25.8. The van der Waals surface area contributed by atoms with E-state index < -0.39 is 0 Å². The summed E-state index contributed by atoms with van der Waals surface area (Å²) in [5, 5.41) is 11.6. The van der Waals surface area contributed by atoms with Crippen molar-refractivity contribution in [1.29, 1.82) is 0 Å². The molecular weight excluding hydrogens is 686 g/mol. The van der Waals surface area contributed by atoms with E-state index in [0.717, 1.165) is 87.3 Å². The van der Waals surface area contributed by atoms with E-state index in [9.17, 15) is 14.4 Å². The number of pyridine rings is 1. The zero-order chi connectivity index (χ0) is 36.6. The zero-order valence-corrected chi connectivity index (χ0v) is 30.3. The van der Waals surface area contributed by atoms with Crippen LogP contribution in [0.1, 0.15) is 47.3 Å². The smallest absolute Gasteiger partial charge is 0.264 e. The van der Waals surface area contributed by atoms with Crippen molar-refractivity contribution in [1.82, 2.24) is 19.3 Å². The summed E-state index contributed by atoms with van der Waals surface area (Å²) in [4.78, 5) is 45.2. The number of unbranched alkanes of at least 4 members (excludes halogenated alkanes) is 3. The van der Waals surface area contributed by atoms with Gasteiger partial charge in [-0.3, -0.25) is 23.4 Å². The summed E-state index contributed by atoms with van der Waals surface area (Å²) in [5.74, 6) is 0.384. The van der Waals surface area contributed by atoms with Crippen molar-refractivity contribution in [2.45, 2.75) is 39.0 Å². The Morgan fingerprint density at radius 2 is 1.57 bits per heavy atom. The quantitative estimate of drug-likeness (QED) is 0.122. The lowest BCUT2D eigenvalue weighted by Gasteiger charge is -2.13. The van der Waals surface area contributed by atoms with Crippen molar-refractivity contribution in [3.8, 4) is 5.75 Å². The fourth-order valence-corrected chi connectivity index (χ4v) is 7.66. The highest BCUT2D eigenvalue weighted by Crippen LogP contribution is 2.34. The molecule has 5 aromatic carbocycles. The number of methoxy groups -OCH3 is 1. The summed E-state index contributed by atoms with van der Waals surface area (Å²) in [6.45, 7) is 3.24. The number of halogens is 1. The van der Waals surface area contributed by atoms with Gasteiger partial charge in [0, 0.05) is 62.0 Å². The minimum atomic E-state index is -0.184. The third-order valence-electron chi connectivity index (χ3n) is 10.2. The lowest BCUT2D eigenvalue weighted by molar-refractivity contribution is -0.120. The number of anilines is 1. The fraction of sp³-hybridized carbons (Fsp3) is 0.209. The van der Waals surface area contributed by atoms with Crippen LogP contribution in [0.25, 0.3) is 49.1 Å². The van der Waals surface area contributed by atoms with Gasteiger partial charge >= 0.3 is 0 Å². The lowest BCUT2D eigenvalue weighted by atomic mass is 10.0. The summed E-state index contributed by atoms with van der Waals surface area (Å²) in [6, 6.07) is 30.2. The highest BCUT2D eigenvalue weighted by atomic mass is 35.5. The molecule has 0 bridgehead atoms. The maximum absolute atomic E-state index is 13.6. The van der Waals surface area contributed by atoms with E-state index in [4.69, 9.17) is 21.3 Å². The molecule has 3 aromatic heterocycles. The number of nitrogens with zero attached hydrogens (tertiary/aromatic N) is 3. The van der Waals surface area contributed by atoms with Gasteiger partial charge in [-0.2, -0.15) is 0 Å². The first-order valence-corrected chi connectivity index (χ1v) is 18.3. The van der Waals surface area contributed by atoms with Crippen LogP contribution >= 0.6 is 11.6 Å². The van der Waals surface area contributed by atoms with Gasteiger partial charge in [0.25, 0.3) is 11.5 Å². The second-order valence-corrected chi connectivity index (χ2v) is 13.9. The topological polar surface area (TPSA) is 107 Å². The SMILES string of the molecule is COc1ccc2c(c1)c(CC(=O)NCCCCCCNc1ccc3c4c1cccc4c(=O)n1c4ccccc4nc31)c(C)n2C(=O)c1ccc(Cl)cc1. The number of imidazole rings is 1. The average molecular weight is 724 g/mol. The van der Waals surface area contributed by atoms with E-state index in [1.54, 1.807) is 40.3 Å². The summed E-state index contributed by atoms with van der Waals surface area (Å²) >= 11 is 6.06. The number of amides is 1. The molecular formula is C43H38ClN5O4. The minimum absolute atomic E-state index is 0.0533. The molecule has 8 aromatic rings. The van der Waals surface area contributed by atoms with Crippen LogP contribution in [0.15, 0.2) is 102 Å². The van der Waals surface area contributed by atoms with Crippen molar-refractivity contribution >= 4 is 78.2 Å². The molecule has 2 N–H and O–H groups in total. The molecule has 3 heterocycles. The molecule has 10 heteroatoms. The number of hydrogen-bond acceptors (Lipinski definition) is 6. The van der Waals surface area contributed by atoms with Crippen LogP contribution in [0.4, 0.5) is 5.69 Å². The number of carbonyl (C=O) groups is 2. The molecule has 266 valence electrons. The number of aromatic nitrogens is 3. The van der Waals surface area contributed by atoms with Crippen molar-refractivity contribution in [3.05, 3.63) is 129 Å². The predicted molar refractivity (Wildman–Crippen MR) is 213 cm³/mol. The van der Waals surface area contributed by atoms with Gasteiger partial charge in [0.2, 0.25) is 5.91 Å². The number of carbonyl (C=O) groups excluding carboxylic acids is 2. The van der Waals surface area contributed by atoms with E-state index in [0.29, 0.717) is 33.9 Å². The zero-order valence-electron chi connectivity index (χ0n) is 29.5. The van der Waals surface area contributed by atoms with Crippen LogP contribution in [0.5, 0.6) is 5.75 Å². The van der Waals surface area contributed by atoms with Crippen LogP contribution < -0.4 is 20.9 Å². The summed E-state index contributed by atoms with van der Waals surface area (Å²) < 4.78 is 8.86. The van der Waals surface area contributed by atoms with Gasteiger partial charge in [0.15, 0.2) is 0 Å². The minimum Gasteiger partial charge on any atom is -0.497 e. The molecule has 0 aliphatic rings. The molecule has 0 aliphatic heterocycles. The van der Waals surface area contributed by atoms with E-state index >= 15 is 0 Å². The number of rotatable bonds is 12. The Bertz CT molecular complexity index is 2730. The normalized spacial score (nSPS) is 11.7. The largest absolute Gasteiger partial charge is 0.497 e. The maximum Gasteiger partial charge on any atom is 0.264 e. The maximum atomic E-state index is 13.6. The lowest BCUT2D eigenvalue weighted by Crippen LogP contribution is -2.26. The van der Waals surface area contributed by atoms with Crippen LogP contribution in [-0.4, -0.2) is 46.0 Å². The summed E-state index contributed by atoms with van der Waals surface area (Å²) in [6.07, 6.45) is 3.96. The third-order valence-corrected chi connectivity index (χ3v) is 10.4. The molecule has 8 rings (SSSR count). The molecule has 0 saturated carbocycles. The standard InChI is InChI=1S/C43H38ClN5O4/c1-26-33(34-24-29(53-2)18-21-37(34)48(26)42(51)27-14-16-28(44)17-15-27)25-39(50)46-23-8-4-3-7-22-45-35-20-19-31-40-30(35)10-9-11-32(40)43(52)49-38-13-6-5-12-36(38)47-41(31)49/h5-6,9-21,24,45H,3-4,7-8,22-23,25H2,1-2H3,(H,46,50). The Morgan fingerprint density at radius 1 is 0.792 bits per heavy atom. The van der Waals surface area contributed by atoms with Crippen molar-refractivity contribution in [2.75, 3.05) is 25.5 Å². The highest BCUT2D eigenvalue weighted by molar-refractivity contribution is 6.30. The van der Waals surface area contributed by atoms with E-state index in [1.807, 2.05) is 61.5 Å². The van der Waals surface area contributed by atoms with Gasteiger partial charge in [0.05, 0.1) is 30.1 Å². The second kappa shape index (κ2) is 14.2. The predicted octanol–water partition coefficient (Wildman–Crippen LogP) is 8.54. The highest BCUT2D eigenvalue weighted by Gasteiger charge is 2.22. The first-order valence-electron chi connectivity index (χ1n) is 17.9. The van der Waals surface area contributed by atoms with Gasteiger partial charge in [0.1, 0.15) is 11.4 Å². The van der Waals surface area contributed by atoms with Crippen LogP contribution in [0.2, 0.25) is 5.02 Å². The Kier molecular flexibility index (Phi) is 9.18. The van der Waals surface area contributed by atoms with E-state index in [-0.39, 0.29) is 23.8 Å². The third kappa shape index (κ3) is 6.21. The van der Waals surface area contributed by atoms with E-state index in [2.05, 4.69) is 28.8 Å². The molecule has 0 fully saturated rings. The van der Waals surface area contributed by atoms with E-state index in [1.165, 1.54) is 0 Å². The summed E-state index contributed by atoms with van der Waals surface area (Å²) in [5.41, 5.74) is 6.01. The summed E-state index contributed by atoms with van der Waals surface area (Å²) in [7, 11) is 1.60. The Hall–Kier alpha value is -5.93. The second-order valence-electron chi connectivity index (χ2n) is 13.4. The van der Waals surface area contributed by atoms with Crippen LogP contribution in [0, 0.1) is 6.92 Å². The van der Waals surface area contributed by atoms with Crippen molar-refractivity contribution in [2.24, 2.45) is 0 Å². The molecule has 9 nitrogen and oxygen atoms in total. The Morgan fingerprint density at radius 3 is 2.38 bits per heavy atom. The number of nitrogens with one attached hydrogen (secondary N) is 2. The van der Waals surface area contributed by atoms with Crippen molar-refractivity contribution < 1.29 is 14.3 Å². The molecule has 0 aliphatic carbocycles. The number of fused-ring (bicyclic) bond motifs is 5. The Balaban J connectivity index is 0.869. The molecule has 53 heavy (non-hydrogen) atoms.